The van der Waals surface area contributed by atoms with E-state index in [4.69, 9.17) is 27.9 Å². The molecule has 0 aromatic heterocycles. The lowest BCUT2D eigenvalue weighted by Crippen LogP contribution is -2.33. The third kappa shape index (κ3) is 6.59. The molecule has 0 heterocycles. The molecule has 0 saturated heterocycles. The van der Waals surface area contributed by atoms with Gasteiger partial charge in [0.05, 0.1) is 12.6 Å². The first-order valence-corrected chi connectivity index (χ1v) is 10.0. The fraction of sp³-hybridized carbons (Fsp3) is 0.350. The van der Waals surface area contributed by atoms with Crippen LogP contribution >= 0.6 is 23.2 Å². The number of amides is 1. The van der Waals surface area contributed by atoms with Crippen molar-refractivity contribution in [3.63, 3.8) is 0 Å². The maximum absolute atomic E-state index is 12.3. The minimum Gasteiger partial charge on any atom is -0.504 e. The predicted molar refractivity (Wildman–Crippen MR) is 113 cm³/mol. The normalized spacial score (nSPS) is 11.7. The minimum atomic E-state index is -1.05. The van der Waals surface area contributed by atoms with Crippen LogP contribution < -0.4 is 9.64 Å². The molecule has 0 aliphatic rings. The fourth-order valence-corrected chi connectivity index (χ4v) is 3.07. The van der Waals surface area contributed by atoms with Gasteiger partial charge in [0.15, 0.2) is 11.5 Å². The summed E-state index contributed by atoms with van der Waals surface area (Å²) < 4.78 is 5.33. The number of likely N-dealkylation sites (N-methyl/N-ethyl adjacent to an activating group) is 1. The summed E-state index contributed by atoms with van der Waals surface area (Å²) in [4.78, 5) is 15.5. The molecule has 7 nitrogen and oxygen atoms in total. The summed E-state index contributed by atoms with van der Waals surface area (Å²) in [5.74, 6) is 0.676. The van der Waals surface area contributed by atoms with Crippen LogP contribution in [0.1, 0.15) is 11.7 Å². The minimum absolute atomic E-state index is 0.0552. The number of phenolic OH excluding ortho intramolecular Hbond substituents is 2. The molecule has 0 fully saturated rings. The monoisotopic (exact) mass is 442 g/mol. The number of carbonyl (C=O) groups is 1. The number of rotatable bonds is 9. The summed E-state index contributed by atoms with van der Waals surface area (Å²) in [6.07, 6.45) is -1.70. The maximum atomic E-state index is 12.3. The Balaban J connectivity index is 1.95. The van der Waals surface area contributed by atoms with Crippen LogP contribution in [0.15, 0.2) is 42.5 Å². The molecular weight excluding hydrogens is 419 g/mol. The molecule has 158 valence electrons. The third-order valence-electron chi connectivity index (χ3n) is 4.26. The van der Waals surface area contributed by atoms with E-state index in [9.17, 15) is 20.1 Å². The zero-order valence-electron chi connectivity index (χ0n) is 16.0. The largest absolute Gasteiger partial charge is 0.504 e. The average Bonchev–Trinajstić information content (AvgIpc) is 2.70. The lowest BCUT2D eigenvalue weighted by molar-refractivity contribution is 0.112. The van der Waals surface area contributed by atoms with E-state index in [1.165, 1.54) is 30.1 Å². The molecule has 3 N–H and O–H groups in total. The number of aliphatic hydroxyl groups is 1. The number of benzene rings is 2. The molecule has 0 aliphatic carbocycles. The van der Waals surface area contributed by atoms with Crippen LogP contribution in [0.4, 0.5) is 10.5 Å². The Labute approximate surface area is 179 Å². The first-order chi connectivity index (χ1) is 13.8. The number of aliphatic hydroxyl groups excluding tert-OH is 1. The van der Waals surface area contributed by atoms with Crippen LogP contribution in [0.5, 0.6) is 17.2 Å². The van der Waals surface area contributed by atoms with Gasteiger partial charge < -0.3 is 29.9 Å². The van der Waals surface area contributed by atoms with Crippen molar-refractivity contribution in [1.29, 1.82) is 0 Å². The van der Waals surface area contributed by atoms with Crippen LogP contribution in [0.25, 0.3) is 0 Å². The van der Waals surface area contributed by atoms with Crippen molar-refractivity contribution in [3.05, 3.63) is 48.0 Å². The Morgan fingerprint density at radius 2 is 1.66 bits per heavy atom. The van der Waals surface area contributed by atoms with Crippen LogP contribution in [0.3, 0.4) is 0 Å². The van der Waals surface area contributed by atoms with E-state index >= 15 is 0 Å². The first-order valence-electron chi connectivity index (χ1n) is 8.95. The van der Waals surface area contributed by atoms with Crippen molar-refractivity contribution in [2.24, 2.45) is 0 Å². The smallest absolute Gasteiger partial charge is 0.415 e. The molecule has 2 aromatic carbocycles. The number of hydrogen-bond donors (Lipinski definition) is 3. The van der Waals surface area contributed by atoms with Crippen LogP contribution in [0, 0.1) is 0 Å². The number of phenols is 2. The van der Waals surface area contributed by atoms with Gasteiger partial charge in [-0.3, -0.25) is 0 Å². The highest BCUT2D eigenvalue weighted by atomic mass is 35.5. The second-order valence-electron chi connectivity index (χ2n) is 6.37. The fourth-order valence-electron chi connectivity index (χ4n) is 2.66. The van der Waals surface area contributed by atoms with E-state index in [1.54, 1.807) is 12.1 Å². The molecule has 2 aromatic rings. The number of anilines is 1. The Morgan fingerprint density at radius 1 is 1.03 bits per heavy atom. The highest BCUT2D eigenvalue weighted by Crippen LogP contribution is 2.28. The molecule has 0 unspecified atom stereocenters. The van der Waals surface area contributed by atoms with Gasteiger partial charge in [0.2, 0.25) is 0 Å². The van der Waals surface area contributed by atoms with Crippen molar-refractivity contribution >= 4 is 35.0 Å². The number of hydrogen-bond acceptors (Lipinski definition) is 6. The Hall–Kier alpha value is -2.35. The molecule has 0 saturated carbocycles. The van der Waals surface area contributed by atoms with E-state index in [-0.39, 0.29) is 18.0 Å². The van der Waals surface area contributed by atoms with Gasteiger partial charge in [0.1, 0.15) is 5.75 Å². The SMILES string of the molecule is CN(C[C@H](O)c1ccc(O)c(O)c1)C(=O)Oc1ccc(N(CCCl)CCCl)cc1. The number of halogens is 2. The lowest BCUT2D eigenvalue weighted by Gasteiger charge is -2.23. The standard InChI is InChI=1S/C20H24Cl2N2O5/c1-23(13-19(27)14-2-7-17(25)18(26)12-14)20(28)29-16-5-3-15(4-6-16)24(10-8-21)11-9-22/h2-7,12,19,25-27H,8-11,13H2,1H3/t19-/m0/s1. The van der Waals surface area contributed by atoms with Crippen molar-refractivity contribution < 1.29 is 24.9 Å². The summed E-state index contributed by atoms with van der Waals surface area (Å²) in [6, 6.07) is 10.9. The molecule has 1 atom stereocenters. The molecule has 0 aliphatic heterocycles. The Kier molecular flexibility index (Phi) is 8.70. The number of carbonyl (C=O) groups excluding carboxylic acids is 1. The van der Waals surface area contributed by atoms with Gasteiger partial charge in [-0.1, -0.05) is 6.07 Å². The molecule has 1 amide bonds. The van der Waals surface area contributed by atoms with E-state index in [2.05, 4.69) is 0 Å². The van der Waals surface area contributed by atoms with Crippen molar-refractivity contribution in [1.82, 2.24) is 4.90 Å². The van der Waals surface area contributed by atoms with E-state index in [1.807, 2.05) is 17.0 Å². The molecule has 29 heavy (non-hydrogen) atoms. The summed E-state index contributed by atoms with van der Waals surface area (Å²) in [7, 11) is 1.49. The second-order valence-corrected chi connectivity index (χ2v) is 7.13. The quantitative estimate of drug-likeness (QED) is 0.406. The lowest BCUT2D eigenvalue weighted by atomic mass is 10.1. The maximum Gasteiger partial charge on any atom is 0.415 e. The number of ether oxygens (including phenoxy) is 1. The molecule has 0 bridgehead atoms. The van der Waals surface area contributed by atoms with Gasteiger partial charge in [-0.25, -0.2) is 4.79 Å². The average molecular weight is 443 g/mol. The van der Waals surface area contributed by atoms with Crippen molar-refractivity contribution in [2.45, 2.75) is 6.10 Å². The van der Waals surface area contributed by atoms with Crippen LogP contribution in [0.2, 0.25) is 0 Å². The van der Waals surface area contributed by atoms with Crippen LogP contribution in [-0.2, 0) is 0 Å². The van der Waals surface area contributed by atoms with E-state index in [0.29, 0.717) is 36.2 Å². The zero-order valence-corrected chi connectivity index (χ0v) is 17.5. The van der Waals surface area contributed by atoms with Gasteiger partial charge >= 0.3 is 6.09 Å². The topological polar surface area (TPSA) is 93.5 Å². The zero-order chi connectivity index (χ0) is 21.4. The Bertz CT molecular complexity index is 798. The highest BCUT2D eigenvalue weighted by Gasteiger charge is 2.18. The number of alkyl halides is 2. The summed E-state index contributed by atoms with van der Waals surface area (Å²) in [5, 5.41) is 29.1. The Morgan fingerprint density at radius 3 is 2.21 bits per heavy atom. The number of aromatic hydroxyl groups is 2. The first kappa shape index (κ1) is 22.9. The van der Waals surface area contributed by atoms with Crippen LogP contribution in [-0.4, -0.2) is 64.8 Å². The predicted octanol–water partition coefficient (Wildman–Crippen LogP) is 3.55. The van der Waals surface area contributed by atoms with Gasteiger partial charge in [-0.05, 0) is 42.0 Å². The number of nitrogens with zero attached hydrogens (tertiary/aromatic N) is 2. The second kappa shape index (κ2) is 11.0. The summed E-state index contributed by atoms with van der Waals surface area (Å²) >= 11 is 11.6. The van der Waals surface area contributed by atoms with Gasteiger partial charge in [-0.2, -0.15) is 0 Å². The van der Waals surface area contributed by atoms with Gasteiger partial charge in [-0.15, -0.1) is 23.2 Å². The third-order valence-corrected chi connectivity index (χ3v) is 4.60. The summed E-state index contributed by atoms with van der Waals surface area (Å²) in [6.45, 7) is 1.25. The highest BCUT2D eigenvalue weighted by molar-refractivity contribution is 6.18. The molecule has 9 heteroatoms. The molecular formula is C20H24Cl2N2O5. The molecule has 2 rings (SSSR count). The molecule has 0 radical (unpaired) electrons. The van der Waals surface area contributed by atoms with Crippen molar-refractivity contribution in [2.75, 3.05) is 43.3 Å². The van der Waals surface area contributed by atoms with E-state index < -0.39 is 12.2 Å². The van der Waals surface area contributed by atoms with Gasteiger partial charge in [0.25, 0.3) is 0 Å². The van der Waals surface area contributed by atoms with Crippen molar-refractivity contribution in [3.8, 4) is 17.2 Å². The summed E-state index contributed by atoms with van der Waals surface area (Å²) in [5.41, 5.74) is 1.28. The van der Waals surface area contributed by atoms with Gasteiger partial charge in [0, 0.05) is 37.6 Å². The van der Waals surface area contributed by atoms with E-state index in [0.717, 1.165) is 5.69 Å². The molecule has 0 spiro atoms.